The number of benzene rings is 1. The van der Waals surface area contributed by atoms with Crippen molar-refractivity contribution >= 4 is 27.4 Å². The zero-order valence-electron chi connectivity index (χ0n) is 13.2. The number of aryl methyl sites for hydroxylation is 2. The van der Waals surface area contributed by atoms with Crippen LogP contribution in [0.1, 0.15) is 11.1 Å². The zero-order chi connectivity index (χ0) is 16.7. The Morgan fingerprint density at radius 2 is 1.88 bits per heavy atom. The molecule has 4 rings (SSSR count). The molecule has 1 aromatic carbocycles. The number of hydrogen-bond donors (Lipinski definition) is 0. The molecule has 0 spiro atoms. The van der Waals surface area contributed by atoms with Crippen molar-refractivity contribution in [2.24, 2.45) is 0 Å². The van der Waals surface area contributed by atoms with E-state index >= 15 is 0 Å². The quantitative estimate of drug-likeness (QED) is 0.500. The lowest BCUT2D eigenvalue weighted by Crippen LogP contribution is -2.01. The van der Waals surface area contributed by atoms with E-state index in [1.165, 1.54) is 11.3 Å². The van der Waals surface area contributed by atoms with Crippen LogP contribution in [0.5, 0.6) is 0 Å². The standard InChI is InChI=1S/C18H13N5S/c1-11-6-14(19-3)7-12(2)16(11)23-5-4-20-17(23)13-8-15-18(21-9-13)24-10-22-15/h4-10H,1-2H3. The summed E-state index contributed by atoms with van der Waals surface area (Å²) >= 11 is 1.53. The monoisotopic (exact) mass is 331 g/mol. The van der Waals surface area contributed by atoms with E-state index in [4.69, 9.17) is 6.57 Å². The molecule has 4 aromatic rings. The van der Waals surface area contributed by atoms with Crippen LogP contribution >= 0.6 is 11.3 Å². The second-order valence-corrected chi connectivity index (χ2v) is 6.39. The summed E-state index contributed by atoms with van der Waals surface area (Å²) in [5.41, 5.74) is 7.39. The van der Waals surface area contributed by atoms with E-state index in [0.717, 1.165) is 38.5 Å². The molecule has 116 valence electrons. The Morgan fingerprint density at radius 3 is 2.62 bits per heavy atom. The van der Waals surface area contributed by atoms with Gasteiger partial charge in [-0.15, -0.1) is 11.3 Å². The summed E-state index contributed by atoms with van der Waals surface area (Å²) in [6, 6.07) is 5.82. The summed E-state index contributed by atoms with van der Waals surface area (Å²) in [4.78, 5) is 17.8. The van der Waals surface area contributed by atoms with Crippen molar-refractivity contribution in [3.8, 4) is 17.1 Å². The molecule has 0 saturated heterocycles. The molecule has 0 saturated carbocycles. The van der Waals surface area contributed by atoms with Crippen LogP contribution in [0.3, 0.4) is 0 Å². The Bertz CT molecular complexity index is 1080. The molecular formula is C18H13N5S. The Balaban J connectivity index is 1.91. The van der Waals surface area contributed by atoms with Gasteiger partial charge >= 0.3 is 0 Å². The predicted molar refractivity (Wildman–Crippen MR) is 95.7 cm³/mol. The van der Waals surface area contributed by atoms with Crippen LogP contribution in [0, 0.1) is 20.4 Å². The third-order valence-electron chi connectivity index (χ3n) is 3.93. The van der Waals surface area contributed by atoms with Gasteiger partial charge in [0, 0.05) is 24.2 Å². The van der Waals surface area contributed by atoms with Crippen molar-refractivity contribution in [3.05, 3.63) is 64.8 Å². The van der Waals surface area contributed by atoms with Crippen molar-refractivity contribution in [1.82, 2.24) is 19.5 Å². The van der Waals surface area contributed by atoms with Crippen molar-refractivity contribution < 1.29 is 0 Å². The molecule has 3 heterocycles. The van der Waals surface area contributed by atoms with Crippen molar-refractivity contribution in [3.63, 3.8) is 0 Å². The fourth-order valence-corrected chi connectivity index (χ4v) is 3.57. The Hall–Kier alpha value is -3.04. The highest BCUT2D eigenvalue weighted by molar-refractivity contribution is 7.16. The predicted octanol–water partition coefficient (Wildman–Crippen LogP) is 4.71. The molecule has 0 radical (unpaired) electrons. The van der Waals surface area contributed by atoms with Crippen molar-refractivity contribution in [1.29, 1.82) is 0 Å². The van der Waals surface area contributed by atoms with Crippen LogP contribution in [0.2, 0.25) is 0 Å². The average molecular weight is 331 g/mol. The van der Waals surface area contributed by atoms with E-state index in [9.17, 15) is 0 Å². The SMILES string of the molecule is [C-]#[N+]c1cc(C)c(-n2ccnc2-c2cnc3scnc3c2)c(C)c1. The van der Waals surface area contributed by atoms with Gasteiger partial charge in [0.05, 0.1) is 17.8 Å². The Labute approximate surface area is 143 Å². The topological polar surface area (TPSA) is 48.0 Å². The smallest absolute Gasteiger partial charge is 0.187 e. The van der Waals surface area contributed by atoms with E-state index in [-0.39, 0.29) is 0 Å². The van der Waals surface area contributed by atoms with Gasteiger partial charge in [0.2, 0.25) is 0 Å². The third kappa shape index (κ3) is 2.27. The fraction of sp³-hybridized carbons (Fsp3) is 0.111. The van der Waals surface area contributed by atoms with Gasteiger partial charge in [0.15, 0.2) is 5.69 Å². The molecule has 0 fully saturated rings. The molecule has 5 nitrogen and oxygen atoms in total. The third-order valence-corrected chi connectivity index (χ3v) is 4.68. The van der Waals surface area contributed by atoms with Crippen LogP contribution in [-0.4, -0.2) is 19.5 Å². The number of aromatic nitrogens is 4. The number of pyridine rings is 1. The fourth-order valence-electron chi connectivity index (χ4n) is 2.95. The van der Waals surface area contributed by atoms with Crippen molar-refractivity contribution in [2.45, 2.75) is 13.8 Å². The summed E-state index contributed by atoms with van der Waals surface area (Å²) in [6.07, 6.45) is 5.55. The van der Waals surface area contributed by atoms with E-state index in [1.807, 2.05) is 49.0 Å². The number of hydrogen-bond acceptors (Lipinski definition) is 4. The van der Waals surface area contributed by atoms with E-state index in [2.05, 4.69) is 19.8 Å². The van der Waals surface area contributed by atoms with Gasteiger partial charge in [-0.2, -0.15) is 0 Å². The highest BCUT2D eigenvalue weighted by Gasteiger charge is 2.14. The maximum atomic E-state index is 7.21. The molecule has 0 amide bonds. The number of imidazole rings is 1. The summed E-state index contributed by atoms with van der Waals surface area (Å²) in [5, 5.41) is 0. The zero-order valence-corrected chi connectivity index (χ0v) is 14.0. The summed E-state index contributed by atoms with van der Waals surface area (Å²) in [6.45, 7) is 11.2. The Morgan fingerprint density at radius 1 is 1.08 bits per heavy atom. The second-order valence-electron chi connectivity index (χ2n) is 5.56. The molecule has 0 atom stereocenters. The Kier molecular flexibility index (Phi) is 3.36. The minimum Gasteiger partial charge on any atom is -0.299 e. The molecule has 0 aliphatic carbocycles. The lowest BCUT2D eigenvalue weighted by Gasteiger charge is -2.14. The summed E-state index contributed by atoms with van der Waals surface area (Å²) in [5.74, 6) is 0.819. The first-order chi connectivity index (χ1) is 11.7. The van der Waals surface area contributed by atoms with Gasteiger partial charge in [-0.25, -0.2) is 19.8 Å². The second kappa shape index (κ2) is 5.55. The molecule has 3 aromatic heterocycles. The first kappa shape index (κ1) is 14.5. The van der Waals surface area contributed by atoms with Crippen LogP contribution in [0.4, 0.5) is 5.69 Å². The summed E-state index contributed by atoms with van der Waals surface area (Å²) in [7, 11) is 0. The van der Waals surface area contributed by atoms with Gasteiger partial charge < -0.3 is 0 Å². The molecular weight excluding hydrogens is 318 g/mol. The lowest BCUT2D eigenvalue weighted by molar-refractivity contribution is 1.03. The number of nitrogens with zero attached hydrogens (tertiary/aromatic N) is 5. The van der Waals surface area contributed by atoms with E-state index < -0.39 is 0 Å². The minimum atomic E-state index is 0.654. The molecule has 6 heteroatoms. The van der Waals surface area contributed by atoms with E-state index in [1.54, 1.807) is 11.7 Å². The summed E-state index contributed by atoms with van der Waals surface area (Å²) < 4.78 is 2.05. The van der Waals surface area contributed by atoms with Gasteiger partial charge in [-0.05, 0) is 31.0 Å². The highest BCUT2D eigenvalue weighted by atomic mass is 32.1. The molecule has 0 N–H and O–H groups in total. The largest absolute Gasteiger partial charge is 0.299 e. The first-order valence-electron chi connectivity index (χ1n) is 7.39. The lowest BCUT2D eigenvalue weighted by atomic mass is 10.1. The van der Waals surface area contributed by atoms with Gasteiger partial charge in [0.25, 0.3) is 0 Å². The number of rotatable bonds is 2. The van der Waals surface area contributed by atoms with E-state index in [0.29, 0.717) is 5.69 Å². The molecule has 0 aliphatic heterocycles. The van der Waals surface area contributed by atoms with Gasteiger partial charge in [0.1, 0.15) is 16.2 Å². The molecule has 0 aliphatic rings. The molecule has 0 unspecified atom stereocenters. The van der Waals surface area contributed by atoms with Crippen LogP contribution in [-0.2, 0) is 0 Å². The molecule has 0 bridgehead atoms. The van der Waals surface area contributed by atoms with Crippen LogP contribution in [0.15, 0.2) is 42.3 Å². The first-order valence-corrected chi connectivity index (χ1v) is 8.27. The highest BCUT2D eigenvalue weighted by Crippen LogP contribution is 2.30. The van der Waals surface area contributed by atoms with Gasteiger partial charge in [-0.3, -0.25) is 4.57 Å². The average Bonchev–Trinajstić information content (AvgIpc) is 3.22. The normalized spacial score (nSPS) is 10.9. The van der Waals surface area contributed by atoms with Crippen LogP contribution in [0.25, 0.3) is 32.3 Å². The van der Waals surface area contributed by atoms with Crippen molar-refractivity contribution in [2.75, 3.05) is 0 Å². The number of fused-ring (bicyclic) bond motifs is 1. The minimum absolute atomic E-state index is 0.654. The maximum absolute atomic E-state index is 7.21. The van der Waals surface area contributed by atoms with Gasteiger partial charge in [-0.1, -0.05) is 12.1 Å². The maximum Gasteiger partial charge on any atom is 0.187 e. The van der Waals surface area contributed by atoms with Crippen LogP contribution < -0.4 is 0 Å². The number of thiazole rings is 1. The molecule has 24 heavy (non-hydrogen) atoms.